The predicted octanol–water partition coefficient (Wildman–Crippen LogP) is 0.611. The molecule has 4 heterocycles. The topological polar surface area (TPSA) is 136 Å². The van der Waals surface area contributed by atoms with Crippen molar-refractivity contribution in [3.63, 3.8) is 0 Å². The van der Waals surface area contributed by atoms with Crippen LogP contribution in [0, 0.1) is 5.92 Å². The number of nitrogens with one attached hydrogen (secondary N) is 1. The fraction of sp³-hybridized carbons (Fsp3) is 0.500. The zero-order chi connectivity index (χ0) is 22.3. The Hall–Kier alpha value is -2.09. The molecule has 0 spiro atoms. The van der Waals surface area contributed by atoms with Gasteiger partial charge in [0.25, 0.3) is 11.8 Å². The van der Waals surface area contributed by atoms with Crippen molar-refractivity contribution in [3.05, 3.63) is 22.3 Å². The molecule has 0 bridgehead atoms. The monoisotopic (exact) mass is 483 g/mol. The summed E-state index contributed by atoms with van der Waals surface area (Å²) in [4.78, 5) is 48.5. The van der Waals surface area contributed by atoms with E-state index >= 15 is 0 Å². The summed E-state index contributed by atoms with van der Waals surface area (Å²) in [5.74, 6) is -0.913. The van der Waals surface area contributed by atoms with Crippen molar-refractivity contribution >= 4 is 63.5 Å². The number of hydrogen-bond donors (Lipinski definition) is 3. The Morgan fingerprint density at radius 1 is 1.48 bits per heavy atom. The number of nitrogen functional groups attached to an aromatic ring is 1. The van der Waals surface area contributed by atoms with Gasteiger partial charge < -0.3 is 20.6 Å². The first-order valence-corrected chi connectivity index (χ1v) is 11.8. The Balaban J connectivity index is 1.57. The number of carbonyl (C=O) groups is 3. The van der Waals surface area contributed by atoms with Crippen molar-refractivity contribution in [2.45, 2.75) is 30.0 Å². The fourth-order valence-electron chi connectivity index (χ4n) is 4.02. The number of oxime groups is 1. The summed E-state index contributed by atoms with van der Waals surface area (Å²) in [6.45, 7) is 3.13. The summed E-state index contributed by atoms with van der Waals surface area (Å²) in [6, 6.07) is -0.818. The van der Waals surface area contributed by atoms with Crippen LogP contribution in [-0.2, 0) is 24.0 Å². The van der Waals surface area contributed by atoms with E-state index in [0.29, 0.717) is 18.9 Å². The summed E-state index contributed by atoms with van der Waals surface area (Å²) in [5.41, 5.74) is 7.01. The number of aromatic nitrogens is 1. The number of fused-ring (bicyclic) bond motifs is 1. The summed E-state index contributed by atoms with van der Waals surface area (Å²) in [6.07, 6.45) is 0.797. The number of nitrogens with zero attached hydrogens (tertiary/aromatic N) is 3. The maximum absolute atomic E-state index is 13.0. The Kier molecular flexibility index (Phi) is 6.28. The van der Waals surface area contributed by atoms with Crippen molar-refractivity contribution in [1.82, 2.24) is 15.2 Å². The molecule has 4 rings (SSSR count). The summed E-state index contributed by atoms with van der Waals surface area (Å²) in [5, 5.41) is 7.38. The molecule has 13 heteroatoms. The number of thiol groups is 1. The first-order chi connectivity index (χ1) is 14.8. The molecule has 0 saturated carbocycles. The van der Waals surface area contributed by atoms with Crippen LogP contribution < -0.4 is 11.1 Å². The molecular formula is C18H21N5O5S3. The van der Waals surface area contributed by atoms with Gasteiger partial charge in [0.2, 0.25) is 5.12 Å². The lowest BCUT2D eigenvalue weighted by atomic mass is 9.91. The van der Waals surface area contributed by atoms with Gasteiger partial charge in [-0.05, 0) is 18.9 Å². The summed E-state index contributed by atoms with van der Waals surface area (Å²) >= 11 is 6.71. The van der Waals surface area contributed by atoms with Crippen LogP contribution in [0.25, 0.3) is 0 Å². The predicted molar refractivity (Wildman–Crippen MR) is 120 cm³/mol. The van der Waals surface area contributed by atoms with Crippen LogP contribution in [0.5, 0.6) is 0 Å². The normalized spacial score (nSPS) is 28.3. The molecule has 10 nitrogen and oxygen atoms in total. The number of carbonyl (C=O) groups excluding carboxylic acids is 3. The standard InChI is InChI=1S/C18H21N5O5S3/c1-7-10(8-3-4-28-5-8)13(17(26)29)23-15(25)12(16(23)31-7)21-14(24)11(22-27-2)9-6-30-18(19)20-9/h6-8,12,16H,3-5H2,1-2H3,(H2,19,20)(H,21,24)(H,26,29)/b22-11-/t7?,8?,12?,16-/m1/s1. The third kappa shape index (κ3) is 3.95. The molecule has 3 unspecified atom stereocenters. The first kappa shape index (κ1) is 22.1. The van der Waals surface area contributed by atoms with E-state index in [4.69, 9.17) is 15.3 Å². The number of thioether (sulfide) groups is 1. The number of ether oxygens (including phenoxy) is 1. The molecule has 2 amide bonds. The molecule has 3 N–H and O–H groups in total. The van der Waals surface area contributed by atoms with Crippen LogP contribution in [0.4, 0.5) is 5.13 Å². The van der Waals surface area contributed by atoms with Crippen LogP contribution in [-0.4, -0.2) is 69.5 Å². The highest BCUT2D eigenvalue weighted by Crippen LogP contribution is 2.47. The highest BCUT2D eigenvalue weighted by molar-refractivity contribution is 8.01. The quantitative estimate of drug-likeness (QED) is 0.232. The third-order valence-electron chi connectivity index (χ3n) is 5.36. The van der Waals surface area contributed by atoms with E-state index in [9.17, 15) is 14.4 Å². The maximum atomic E-state index is 13.0. The lowest BCUT2D eigenvalue weighted by Gasteiger charge is -2.52. The van der Waals surface area contributed by atoms with Crippen molar-refractivity contribution in [2.24, 2.45) is 11.1 Å². The van der Waals surface area contributed by atoms with Crippen LogP contribution in [0.2, 0.25) is 0 Å². The molecule has 2 fully saturated rings. The van der Waals surface area contributed by atoms with Crippen LogP contribution >= 0.6 is 35.7 Å². The molecule has 3 aliphatic heterocycles. The highest BCUT2D eigenvalue weighted by atomic mass is 32.2. The second kappa shape index (κ2) is 8.81. The van der Waals surface area contributed by atoms with Crippen LogP contribution in [0.1, 0.15) is 19.0 Å². The fourth-order valence-corrected chi connectivity index (χ4v) is 6.35. The van der Waals surface area contributed by atoms with E-state index in [1.54, 1.807) is 5.38 Å². The minimum atomic E-state index is -0.818. The second-order valence-corrected chi connectivity index (χ2v) is 9.95. The van der Waals surface area contributed by atoms with Crippen molar-refractivity contribution in [1.29, 1.82) is 0 Å². The first-order valence-electron chi connectivity index (χ1n) is 9.50. The molecule has 3 aliphatic rings. The van der Waals surface area contributed by atoms with Crippen LogP contribution in [0.3, 0.4) is 0 Å². The number of nitrogens with two attached hydrogens (primary N) is 1. The summed E-state index contributed by atoms with van der Waals surface area (Å²) in [7, 11) is 1.31. The van der Waals surface area contributed by atoms with Gasteiger partial charge in [0.15, 0.2) is 10.8 Å². The van der Waals surface area contributed by atoms with Gasteiger partial charge >= 0.3 is 0 Å². The number of β-lactam (4-membered cyclic amide) rings is 1. The smallest absolute Gasteiger partial charge is 0.276 e. The molecule has 1 aromatic heterocycles. The second-order valence-electron chi connectivity index (χ2n) is 7.19. The number of hydrogen-bond acceptors (Lipinski definition) is 10. The van der Waals surface area contributed by atoms with Crippen molar-refractivity contribution in [2.75, 3.05) is 26.1 Å². The van der Waals surface area contributed by atoms with Gasteiger partial charge in [0, 0.05) is 23.2 Å². The third-order valence-corrected chi connectivity index (χ3v) is 7.67. The van der Waals surface area contributed by atoms with Gasteiger partial charge in [0.1, 0.15) is 24.2 Å². The zero-order valence-corrected chi connectivity index (χ0v) is 19.3. The number of rotatable bonds is 6. The molecule has 4 atom stereocenters. The van der Waals surface area contributed by atoms with Gasteiger partial charge in [-0.25, -0.2) is 4.98 Å². The van der Waals surface area contributed by atoms with E-state index in [1.165, 1.54) is 23.8 Å². The largest absolute Gasteiger partial charge is 0.398 e. The molecule has 1 aromatic rings. The van der Waals surface area contributed by atoms with Gasteiger partial charge in [-0.15, -0.1) is 23.1 Å². The molecule has 0 aromatic carbocycles. The van der Waals surface area contributed by atoms with E-state index in [0.717, 1.165) is 23.3 Å². The number of anilines is 1. The SMILES string of the molecule is CO/N=C(\C(=O)NC1C(=O)N2C(C(=O)S)=C(C3CCOC3)C(C)S[C@H]12)c1csc(N)n1. The average Bonchev–Trinajstić information content (AvgIpc) is 3.41. The average molecular weight is 484 g/mol. The van der Waals surface area contributed by atoms with Crippen molar-refractivity contribution in [3.8, 4) is 0 Å². The Labute approximate surface area is 192 Å². The van der Waals surface area contributed by atoms with Crippen molar-refractivity contribution < 1.29 is 24.0 Å². The lowest BCUT2D eigenvalue weighted by molar-refractivity contribution is -0.146. The van der Waals surface area contributed by atoms with E-state index in [2.05, 4.69) is 28.1 Å². The van der Waals surface area contributed by atoms with Gasteiger partial charge in [-0.2, -0.15) is 0 Å². The zero-order valence-electron chi connectivity index (χ0n) is 16.7. The van der Waals surface area contributed by atoms with E-state index in [-0.39, 0.29) is 33.6 Å². The number of thiazole rings is 1. The van der Waals surface area contributed by atoms with E-state index in [1.807, 2.05) is 6.92 Å². The molecular weight excluding hydrogens is 462 g/mol. The Bertz CT molecular complexity index is 987. The molecule has 31 heavy (non-hydrogen) atoms. The van der Waals surface area contributed by atoms with Gasteiger partial charge in [-0.3, -0.25) is 19.3 Å². The highest BCUT2D eigenvalue weighted by Gasteiger charge is 2.56. The minimum Gasteiger partial charge on any atom is -0.398 e. The van der Waals surface area contributed by atoms with E-state index < -0.39 is 22.4 Å². The Morgan fingerprint density at radius 3 is 2.84 bits per heavy atom. The van der Waals surface area contributed by atoms with Crippen LogP contribution in [0.15, 0.2) is 21.8 Å². The maximum Gasteiger partial charge on any atom is 0.276 e. The molecule has 166 valence electrons. The minimum absolute atomic E-state index is 0.0306. The lowest BCUT2D eigenvalue weighted by Crippen LogP contribution is -2.71. The number of amides is 2. The molecule has 2 saturated heterocycles. The van der Waals surface area contributed by atoms with Gasteiger partial charge in [-0.1, -0.05) is 17.8 Å². The van der Waals surface area contributed by atoms with Gasteiger partial charge in [0.05, 0.1) is 12.3 Å². The Morgan fingerprint density at radius 2 is 2.26 bits per heavy atom. The molecule has 0 radical (unpaired) electrons. The molecule has 0 aliphatic carbocycles. The summed E-state index contributed by atoms with van der Waals surface area (Å²) < 4.78 is 5.48.